The summed E-state index contributed by atoms with van der Waals surface area (Å²) in [6.07, 6.45) is 0. The number of nitrogens with zero attached hydrogens (tertiary/aromatic N) is 4. The Bertz CT molecular complexity index is 1060. The van der Waals surface area contributed by atoms with Crippen LogP contribution < -0.4 is 0 Å². The van der Waals surface area contributed by atoms with E-state index < -0.39 is 36.0 Å². The first-order chi connectivity index (χ1) is 15.4. The molecule has 0 aromatic heterocycles. The zero-order chi connectivity index (χ0) is 22.3. The molecule has 4 amide bonds. The Morgan fingerprint density at radius 1 is 0.500 bits per heavy atom. The Balaban J connectivity index is 1.60. The summed E-state index contributed by atoms with van der Waals surface area (Å²) >= 11 is 0. The van der Waals surface area contributed by atoms with Crippen molar-refractivity contribution in [2.45, 2.75) is 24.2 Å². The third-order valence-electron chi connectivity index (χ3n) is 7.45. The lowest BCUT2D eigenvalue weighted by Crippen LogP contribution is -2.49. The van der Waals surface area contributed by atoms with E-state index in [0.29, 0.717) is 0 Å². The summed E-state index contributed by atoms with van der Waals surface area (Å²) in [5.41, 5.74) is 1.70. The average Bonchev–Trinajstić information content (AvgIpc) is 3.46. The second kappa shape index (κ2) is 6.57. The lowest BCUT2D eigenvalue weighted by molar-refractivity contribution is -0.151. The second-order valence-electron chi connectivity index (χ2n) is 8.88. The van der Waals surface area contributed by atoms with Gasteiger partial charge in [-0.3, -0.25) is 29.0 Å². The van der Waals surface area contributed by atoms with Crippen molar-refractivity contribution in [1.82, 2.24) is 19.8 Å². The normalized spacial score (nSPS) is 34.4. The van der Waals surface area contributed by atoms with E-state index in [9.17, 15) is 19.2 Å². The van der Waals surface area contributed by atoms with E-state index in [0.717, 1.165) is 11.1 Å². The first-order valence-electron chi connectivity index (χ1n) is 10.7. The molecule has 4 fully saturated rings. The minimum Gasteiger partial charge on any atom is -0.284 e. The number of fused-ring (bicyclic) bond motifs is 5. The third-order valence-corrected chi connectivity index (χ3v) is 7.45. The summed E-state index contributed by atoms with van der Waals surface area (Å²) in [7, 11) is 3.02. The van der Waals surface area contributed by atoms with E-state index in [2.05, 4.69) is 0 Å². The van der Waals surface area contributed by atoms with Gasteiger partial charge in [0.15, 0.2) is 0 Å². The fourth-order valence-electron chi connectivity index (χ4n) is 6.08. The molecule has 0 unspecified atom stereocenters. The molecule has 0 spiro atoms. The van der Waals surface area contributed by atoms with E-state index >= 15 is 0 Å². The molecule has 6 rings (SSSR count). The van der Waals surface area contributed by atoms with Gasteiger partial charge in [0.05, 0.1) is 23.9 Å². The fraction of sp³-hybridized carbons (Fsp3) is 0.333. The lowest BCUT2D eigenvalue weighted by atomic mass is 9.84. The van der Waals surface area contributed by atoms with Crippen molar-refractivity contribution >= 4 is 23.6 Å². The van der Waals surface area contributed by atoms with Gasteiger partial charge in [-0.15, -0.1) is 0 Å². The standard InChI is InChI=1S/C24H22N4O4/c1-25-21(29)15-17(13-9-5-3-6-10-13)28-20-16(22(30)26(2)24(20)32)18(14-11-7-4-8-12-14)27(28)19(15)23(25)31/h3-12,15-20H,1-2H3/t15-,16-,17-,18+,19-,20-/m1/s1. The minimum absolute atomic E-state index is 0.253. The first-order valence-corrected chi connectivity index (χ1v) is 10.7. The molecule has 0 N–H and O–H groups in total. The highest BCUT2D eigenvalue weighted by molar-refractivity contribution is 6.10. The Kier molecular flexibility index (Phi) is 3.97. The van der Waals surface area contributed by atoms with Crippen molar-refractivity contribution in [3.8, 4) is 0 Å². The maximum absolute atomic E-state index is 13.3. The van der Waals surface area contributed by atoms with Crippen LogP contribution in [0.2, 0.25) is 0 Å². The van der Waals surface area contributed by atoms with Crippen LogP contribution in [0.15, 0.2) is 60.7 Å². The van der Waals surface area contributed by atoms with E-state index in [1.54, 1.807) is 0 Å². The van der Waals surface area contributed by atoms with Gasteiger partial charge in [-0.2, -0.15) is 0 Å². The van der Waals surface area contributed by atoms with Crippen LogP contribution in [0.5, 0.6) is 0 Å². The van der Waals surface area contributed by atoms with Crippen molar-refractivity contribution in [3.05, 3.63) is 71.8 Å². The van der Waals surface area contributed by atoms with Crippen LogP contribution in [0.25, 0.3) is 0 Å². The van der Waals surface area contributed by atoms with Crippen molar-refractivity contribution in [3.63, 3.8) is 0 Å². The number of benzene rings is 2. The number of rotatable bonds is 2. The lowest BCUT2D eigenvalue weighted by Gasteiger charge is -2.35. The van der Waals surface area contributed by atoms with Gasteiger partial charge in [0.25, 0.3) is 0 Å². The summed E-state index contributed by atoms with van der Waals surface area (Å²) in [5, 5.41) is 3.75. The number of amides is 4. The Labute approximate surface area is 185 Å². The number of imide groups is 2. The molecule has 8 nitrogen and oxygen atoms in total. The molecule has 0 bridgehead atoms. The Hall–Kier alpha value is -3.36. The molecule has 4 aliphatic heterocycles. The summed E-state index contributed by atoms with van der Waals surface area (Å²) in [6.45, 7) is 0. The van der Waals surface area contributed by atoms with Crippen LogP contribution in [-0.2, 0) is 19.2 Å². The molecule has 2 aromatic rings. The van der Waals surface area contributed by atoms with Crippen molar-refractivity contribution in [1.29, 1.82) is 0 Å². The molecule has 4 saturated heterocycles. The summed E-state index contributed by atoms with van der Waals surface area (Å²) in [5.74, 6) is -2.38. The second-order valence-corrected chi connectivity index (χ2v) is 8.88. The number of likely N-dealkylation sites (N-methyl/N-ethyl adjacent to an activating group) is 2. The number of hydrogen-bond donors (Lipinski definition) is 0. The number of hydrazine groups is 1. The molecule has 0 radical (unpaired) electrons. The molecule has 2 aromatic carbocycles. The van der Waals surface area contributed by atoms with E-state index in [1.807, 2.05) is 70.7 Å². The van der Waals surface area contributed by atoms with Gasteiger partial charge in [-0.05, 0) is 11.1 Å². The van der Waals surface area contributed by atoms with Crippen molar-refractivity contribution in [2.24, 2.45) is 11.8 Å². The SMILES string of the molecule is CN1C(=O)[C@H]2[C@H](C1=O)N1[C@H](c3ccccc3)[C@H]3C(=O)N(C)C(=O)[C@@H]3N1[C@H]2c1ccccc1. The zero-order valence-electron chi connectivity index (χ0n) is 17.7. The van der Waals surface area contributed by atoms with Crippen molar-refractivity contribution in [2.75, 3.05) is 14.1 Å². The molecular formula is C24H22N4O4. The first kappa shape index (κ1) is 19.3. The zero-order valence-corrected chi connectivity index (χ0v) is 17.7. The third kappa shape index (κ3) is 2.23. The van der Waals surface area contributed by atoms with Gasteiger partial charge in [-0.25, -0.2) is 10.0 Å². The molecule has 4 heterocycles. The highest BCUT2D eigenvalue weighted by Crippen LogP contribution is 2.58. The van der Waals surface area contributed by atoms with Gasteiger partial charge in [-0.1, -0.05) is 60.7 Å². The molecule has 8 heteroatoms. The van der Waals surface area contributed by atoms with Gasteiger partial charge in [0.1, 0.15) is 12.1 Å². The molecule has 0 aliphatic carbocycles. The Morgan fingerprint density at radius 2 is 0.844 bits per heavy atom. The average molecular weight is 430 g/mol. The van der Waals surface area contributed by atoms with Crippen LogP contribution >= 0.6 is 0 Å². The molecule has 32 heavy (non-hydrogen) atoms. The number of likely N-dealkylation sites (tertiary alicyclic amines) is 2. The predicted molar refractivity (Wildman–Crippen MR) is 112 cm³/mol. The van der Waals surface area contributed by atoms with Gasteiger partial charge >= 0.3 is 0 Å². The van der Waals surface area contributed by atoms with Gasteiger partial charge in [0.2, 0.25) is 23.6 Å². The Morgan fingerprint density at radius 3 is 1.19 bits per heavy atom. The van der Waals surface area contributed by atoms with Crippen LogP contribution in [0.1, 0.15) is 23.2 Å². The monoisotopic (exact) mass is 430 g/mol. The van der Waals surface area contributed by atoms with Crippen LogP contribution in [0, 0.1) is 11.8 Å². The molecule has 6 atom stereocenters. The summed E-state index contributed by atoms with van der Waals surface area (Å²) < 4.78 is 0. The minimum atomic E-state index is -0.751. The van der Waals surface area contributed by atoms with Gasteiger partial charge in [0, 0.05) is 14.1 Å². The molecule has 0 saturated carbocycles. The van der Waals surface area contributed by atoms with Crippen molar-refractivity contribution < 1.29 is 19.2 Å². The van der Waals surface area contributed by atoms with Crippen LogP contribution in [-0.4, -0.2) is 69.6 Å². The highest BCUT2D eigenvalue weighted by atomic mass is 16.2. The summed E-state index contributed by atoms with van der Waals surface area (Å²) in [4.78, 5) is 55.5. The predicted octanol–water partition coefficient (Wildman–Crippen LogP) is 0.982. The number of hydrogen-bond acceptors (Lipinski definition) is 6. The smallest absolute Gasteiger partial charge is 0.248 e. The molecule has 162 valence electrons. The number of carbonyl (C=O) groups excluding carboxylic acids is 4. The summed E-state index contributed by atoms with van der Waals surface area (Å²) in [6, 6.07) is 16.4. The highest BCUT2D eigenvalue weighted by Gasteiger charge is 2.72. The van der Waals surface area contributed by atoms with Crippen LogP contribution in [0.3, 0.4) is 0 Å². The van der Waals surface area contributed by atoms with E-state index in [-0.39, 0.29) is 23.6 Å². The number of carbonyl (C=O) groups is 4. The maximum atomic E-state index is 13.3. The fourth-order valence-corrected chi connectivity index (χ4v) is 6.08. The van der Waals surface area contributed by atoms with Gasteiger partial charge < -0.3 is 0 Å². The largest absolute Gasteiger partial charge is 0.284 e. The maximum Gasteiger partial charge on any atom is 0.248 e. The topological polar surface area (TPSA) is 81.2 Å². The van der Waals surface area contributed by atoms with E-state index in [1.165, 1.54) is 23.9 Å². The molecular weight excluding hydrogens is 408 g/mol. The molecule has 4 aliphatic rings. The van der Waals surface area contributed by atoms with E-state index in [4.69, 9.17) is 0 Å². The van der Waals surface area contributed by atoms with Crippen LogP contribution in [0.4, 0.5) is 0 Å². The quantitative estimate of drug-likeness (QED) is 0.661.